The molecule has 0 radical (unpaired) electrons. The molecule has 0 amide bonds. The van der Waals surface area contributed by atoms with E-state index in [1.54, 1.807) is 7.05 Å². The first kappa shape index (κ1) is 12.1. The van der Waals surface area contributed by atoms with E-state index < -0.39 is 11.6 Å². The Morgan fingerprint density at radius 3 is 2.59 bits per heavy atom. The van der Waals surface area contributed by atoms with Gasteiger partial charge in [0.2, 0.25) is 0 Å². The molecule has 0 saturated carbocycles. The van der Waals surface area contributed by atoms with Crippen LogP contribution in [0.5, 0.6) is 0 Å². The van der Waals surface area contributed by atoms with Crippen molar-refractivity contribution in [3.63, 3.8) is 0 Å². The fourth-order valence-corrected chi connectivity index (χ4v) is 2.07. The molecule has 0 fully saturated rings. The molecule has 3 nitrogen and oxygen atoms in total. The maximum Gasteiger partial charge on any atom is 0.260 e. The molecule has 2 aromatic rings. The lowest BCUT2D eigenvalue weighted by Crippen LogP contribution is -2.06. The second-order valence-electron chi connectivity index (χ2n) is 3.32. The van der Waals surface area contributed by atoms with Crippen LogP contribution in [0.4, 0.5) is 8.78 Å². The fourth-order valence-electron chi connectivity index (χ4n) is 1.36. The standard InChI is InChI=1S/C11H10F2N2OS/c1-14-6-7-4-8(12)10(9(13)5-7)17-11-15-2-3-16-11/h2-5,14H,6H2,1H3. The van der Waals surface area contributed by atoms with Crippen molar-refractivity contribution in [2.45, 2.75) is 16.7 Å². The Bertz CT molecular complexity index is 479. The Balaban J connectivity index is 2.28. The van der Waals surface area contributed by atoms with Crippen molar-refractivity contribution in [3.8, 4) is 0 Å². The Hall–Kier alpha value is -1.40. The molecule has 17 heavy (non-hydrogen) atoms. The molecular formula is C11H10F2N2OS. The Morgan fingerprint density at radius 2 is 2.06 bits per heavy atom. The summed E-state index contributed by atoms with van der Waals surface area (Å²) in [7, 11) is 1.71. The van der Waals surface area contributed by atoms with Crippen molar-refractivity contribution < 1.29 is 13.2 Å². The van der Waals surface area contributed by atoms with E-state index in [4.69, 9.17) is 4.42 Å². The summed E-state index contributed by atoms with van der Waals surface area (Å²) in [5.74, 6) is -1.23. The summed E-state index contributed by atoms with van der Waals surface area (Å²) >= 11 is 0.826. The average Bonchev–Trinajstić information content (AvgIpc) is 2.76. The van der Waals surface area contributed by atoms with Crippen LogP contribution in [-0.4, -0.2) is 12.0 Å². The van der Waals surface area contributed by atoms with E-state index in [1.807, 2.05) is 0 Å². The van der Waals surface area contributed by atoms with E-state index in [0.717, 1.165) is 11.8 Å². The fraction of sp³-hybridized carbons (Fsp3) is 0.182. The third-order valence-corrected chi connectivity index (χ3v) is 3.01. The quantitative estimate of drug-likeness (QED) is 0.912. The highest BCUT2D eigenvalue weighted by Gasteiger charge is 2.14. The highest BCUT2D eigenvalue weighted by Crippen LogP contribution is 2.31. The van der Waals surface area contributed by atoms with E-state index >= 15 is 0 Å². The molecule has 1 aromatic carbocycles. The van der Waals surface area contributed by atoms with Gasteiger partial charge in [0.05, 0.1) is 11.1 Å². The number of nitrogens with zero attached hydrogens (tertiary/aromatic N) is 1. The second kappa shape index (κ2) is 5.29. The molecular weight excluding hydrogens is 246 g/mol. The predicted molar refractivity (Wildman–Crippen MR) is 59.7 cm³/mol. The van der Waals surface area contributed by atoms with Gasteiger partial charge in [0.1, 0.15) is 17.9 Å². The summed E-state index contributed by atoms with van der Waals surface area (Å²) in [6.07, 6.45) is 2.78. The van der Waals surface area contributed by atoms with E-state index in [0.29, 0.717) is 12.1 Å². The zero-order chi connectivity index (χ0) is 12.3. The molecule has 0 saturated heterocycles. The first-order chi connectivity index (χ1) is 8.20. The maximum atomic E-state index is 13.7. The number of rotatable bonds is 4. The monoisotopic (exact) mass is 256 g/mol. The lowest BCUT2D eigenvalue weighted by atomic mass is 10.2. The van der Waals surface area contributed by atoms with Crippen molar-refractivity contribution in [3.05, 3.63) is 41.8 Å². The number of aromatic nitrogens is 1. The lowest BCUT2D eigenvalue weighted by Gasteiger charge is -2.05. The van der Waals surface area contributed by atoms with E-state index in [9.17, 15) is 8.78 Å². The van der Waals surface area contributed by atoms with Gasteiger partial charge < -0.3 is 9.73 Å². The number of benzene rings is 1. The summed E-state index contributed by atoms with van der Waals surface area (Å²) in [6.45, 7) is 0.414. The Morgan fingerprint density at radius 1 is 1.35 bits per heavy atom. The van der Waals surface area contributed by atoms with Crippen LogP contribution in [0.3, 0.4) is 0 Å². The molecule has 1 heterocycles. The van der Waals surface area contributed by atoms with Crippen LogP contribution in [0.15, 0.2) is 39.1 Å². The Labute approximate surface area is 101 Å². The second-order valence-corrected chi connectivity index (χ2v) is 4.28. The molecule has 0 spiro atoms. The number of halogens is 2. The van der Waals surface area contributed by atoms with Gasteiger partial charge in [-0.3, -0.25) is 0 Å². The summed E-state index contributed by atoms with van der Waals surface area (Å²) in [5.41, 5.74) is 0.555. The molecule has 6 heteroatoms. The van der Waals surface area contributed by atoms with Crippen molar-refractivity contribution in [2.75, 3.05) is 7.05 Å². The van der Waals surface area contributed by atoms with E-state index in [-0.39, 0.29) is 10.1 Å². The molecule has 0 aliphatic heterocycles. The number of oxazole rings is 1. The van der Waals surface area contributed by atoms with Crippen LogP contribution in [0, 0.1) is 11.6 Å². The van der Waals surface area contributed by atoms with Gasteiger partial charge in [-0.15, -0.1) is 0 Å². The molecule has 1 aromatic heterocycles. The number of hydrogen-bond donors (Lipinski definition) is 1. The van der Waals surface area contributed by atoms with Crippen LogP contribution >= 0.6 is 11.8 Å². The normalized spacial score (nSPS) is 10.8. The van der Waals surface area contributed by atoms with Crippen molar-refractivity contribution in [2.24, 2.45) is 0 Å². The summed E-state index contributed by atoms with van der Waals surface area (Å²) in [6, 6.07) is 2.59. The smallest absolute Gasteiger partial charge is 0.260 e. The van der Waals surface area contributed by atoms with Gasteiger partial charge in [-0.05, 0) is 36.5 Å². The predicted octanol–water partition coefficient (Wildman–Crippen LogP) is 2.82. The van der Waals surface area contributed by atoms with Crippen LogP contribution in [0.25, 0.3) is 0 Å². The van der Waals surface area contributed by atoms with Crippen LogP contribution in [0.2, 0.25) is 0 Å². The molecule has 2 rings (SSSR count). The summed E-state index contributed by atoms with van der Waals surface area (Å²) < 4.78 is 32.3. The zero-order valence-electron chi connectivity index (χ0n) is 9.04. The minimum Gasteiger partial charge on any atom is -0.440 e. The van der Waals surface area contributed by atoms with Crippen LogP contribution in [-0.2, 0) is 6.54 Å². The van der Waals surface area contributed by atoms with Crippen LogP contribution < -0.4 is 5.32 Å². The SMILES string of the molecule is CNCc1cc(F)c(Sc2ncco2)c(F)c1. The lowest BCUT2D eigenvalue weighted by molar-refractivity contribution is 0.451. The first-order valence-corrected chi connectivity index (χ1v) is 5.72. The Kier molecular flexibility index (Phi) is 3.75. The first-order valence-electron chi connectivity index (χ1n) is 4.90. The van der Waals surface area contributed by atoms with Gasteiger partial charge in [-0.2, -0.15) is 0 Å². The minimum atomic E-state index is -0.613. The van der Waals surface area contributed by atoms with Gasteiger partial charge in [0.15, 0.2) is 0 Å². The van der Waals surface area contributed by atoms with Gasteiger partial charge in [0.25, 0.3) is 5.22 Å². The molecule has 0 atom stereocenters. The number of nitrogens with one attached hydrogen (secondary N) is 1. The van der Waals surface area contributed by atoms with Crippen molar-refractivity contribution >= 4 is 11.8 Å². The summed E-state index contributed by atoms with van der Waals surface area (Å²) in [4.78, 5) is 3.70. The topological polar surface area (TPSA) is 38.1 Å². The van der Waals surface area contributed by atoms with Crippen molar-refractivity contribution in [1.82, 2.24) is 10.3 Å². The summed E-state index contributed by atoms with van der Waals surface area (Å²) in [5, 5.41) is 3.04. The van der Waals surface area contributed by atoms with Crippen molar-refractivity contribution in [1.29, 1.82) is 0 Å². The van der Waals surface area contributed by atoms with Crippen LogP contribution in [0.1, 0.15) is 5.56 Å². The maximum absolute atomic E-state index is 13.7. The highest BCUT2D eigenvalue weighted by molar-refractivity contribution is 7.99. The average molecular weight is 256 g/mol. The molecule has 0 unspecified atom stereocenters. The largest absolute Gasteiger partial charge is 0.440 e. The van der Waals surface area contributed by atoms with E-state index in [2.05, 4.69) is 10.3 Å². The molecule has 0 bridgehead atoms. The molecule has 1 N–H and O–H groups in total. The zero-order valence-corrected chi connectivity index (χ0v) is 9.85. The van der Waals surface area contributed by atoms with Gasteiger partial charge in [-0.1, -0.05) is 0 Å². The van der Waals surface area contributed by atoms with Gasteiger partial charge in [0, 0.05) is 6.54 Å². The van der Waals surface area contributed by atoms with E-state index in [1.165, 1.54) is 24.6 Å². The third-order valence-electron chi connectivity index (χ3n) is 2.04. The highest BCUT2D eigenvalue weighted by atomic mass is 32.2. The number of hydrogen-bond acceptors (Lipinski definition) is 4. The van der Waals surface area contributed by atoms with Gasteiger partial charge >= 0.3 is 0 Å². The molecule has 90 valence electrons. The molecule has 0 aliphatic rings. The minimum absolute atomic E-state index is 0.104. The molecule has 0 aliphatic carbocycles. The van der Waals surface area contributed by atoms with Gasteiger partial charge in [-0.25, -0.2) is 13.8 Å². The third kappa shape index (κ3) is 2.83.